The molecule has 0 aromatic heterocycles. The molecule has 1 aromatic rings. The Balaban J connectivity index is 2.31. The van der Waals surface area contributed by atoms with E-state index < -0.39 is 28.3 Å². The molecule has 0 bridgehead atoms. The van der Waals surface area contributed by atoms with Gasteiger partial charge in [0.15, 0.2) is 0 Å². The number of hydrogen-bond donors (Lipinski definition) is 0. The Bertz CT molecular complexity index is 509. The van der Waals surface area contributed by atoms with Crippen LogP contribution in [-0.4, -0.2) is 10.7 Å². The Hall–Kier alpha value is -1.24. The monoisotopic (exact) mass is 293 g/mol. The average molecular weight is 293 g/mol. The highest BCUT2D eigenvalue weighted by molar-refractivity contribution is 8.01. The summed E-state index contributed by atoms with van der Waals surface area (Å²) in [7, 11) is 0. The van der Waals surface area contributed by atoms with Gasteiger partial charge >= 0.3 is 6.18 Å². The van der Waals surface area contributed by atoms with Crippen LogP contribution in [0.4, 0.5) is 17.6 Å². The molecule has 1 saturated carbocycles. The van der Waals surface area contributed by atoms with Crippen molar-refractivity contribution in [3.63, 3.8) is 0 Å². The van der Waals surface area contributed by atoms with Crippen LogP contribution < -0.4 is 5.11 Å². The molecule has 1 aliphatic rings. The van der Waals surface area contributed by atoms with Crippen molar-refractivity contribution in [3.05, 3.63) is 29.6 Å². The van der Waals surface area contributed by atoms with Crippen LogP contribution in [0.3, 0.4) is 0 Å². The van der Waals surface area contributed by atoms with Gasteiger partial charge < -0.3 is 9.90 Å². The quantitative estimate of drug-likeness (QED) is 0.804. The Labute approximate surface area is 110 Å². The van der Waals surface area contributed by atoms with E-state index >= 15 is 0 Å². The summed E-state index contributed by atoms with van der Waals surface area (Å²) in [4.78, 5) is 11.0. The second kappa shape index (κ2) is 4.70. The molecule has 0 spiro atoms. The van der Waals surface area contributed by atoms with Gasteiger partial charge in [0.2, 0.25) is 0 Å². The van der Waals surface area contributed by atoms with E-state index in [-0.39, 0.29) is 4.90 Å². The van der Waals surface area contributed by atoms with Crippen molar-refractivity contribution in [3.8, 4) is 0 Å². The van der Waals surface area contributed by atoms with Crippen molar-refractivity contribution in [2.45, 2.75) is 35.1 Å². The molecule has 0 saturated heterocycles. The van der Waals surface area contributed by atoms with Crippen molar-refractivity contribution >= 4 is 17.7 Å². The van der Waals surface area contributed by atoms with E-state index in [1.165, 1.54) is 0 Å². The molecule has 1 fully saturated rings. The van der Waals surface area contributed by atoms with Crippen LogP contribution in [0, 0.1) is 5.82 Å². The van der Waals surface area contributed by atoms with Gasteiger partial charge in [0.1, 0.15) is 5.82 Å². The first-order valence-corrected chi connectivity index (χ1v) is 6.33. The van der Waals surface area contributed by atoms with Gasteiger partial charge in [-0.15, -0.1) is 11.8 Å². The highest BCUT2D eigenvalue weighted by Gasteiger charge is 2.40. The average Bonchev–Trinajstić information content (AvgIpc) is 2.21. The van der Waals surface area contributed by atoms with Crippen molar-refractivity contribution in [1.82, 2.24) is 0 Å². The Morgan fingerprint density at radius 2 is 1.89 bits per heavy atom. The number of halogens is 4. The van der Waals surface area contributed by atoms with Crippen LogP contribution in [0.15, 0.2) is 23.1 Å². The van der Waals surface area contributed by atoms with Crippen molar-refractivity contribution in [1.29, 1.82) is 0 Å². The summed E-state index contributed by atoms with van der Waals surface area (Å²) in [5, 5.41) is 11.0. The number of aliphatic carboxylic acids is 1. The molecule has 7 heteroatoms. The number of hydrogen-bond acceptors (Lipinski definition) is 3. The topological polar surface area (TPSA) is 40.1 Å². The second-order valence-corrected chi connectivity index (χ2v) is 5.87. The predicted octanol–water partition coefficient (Wildman–Crippen LogP) is 2.61. The second-order valence-electron chi connectivity index (χ2n) is 4.41. The third kappa shape index (κ3) is 2.86. The molecule has 0 heterocycles. The minimum absolute atomic E-state index is 0.0452. The molecule has 104 valence electrons. The van der Waals surface area contributed by atoms with Gasteiger partial charge in [-0.3, -0.25) is 0 Å². The molecule has 1 aliphatic carbocycles. The summed E-state index contributed by atoms with van der Waals surface area (Å²) in [6, 6.07) is 2.05. The zero-order valence-electron chi connectivity index (χ0n) is 9.59. The summed E-state index contributed by atoms with van der Waals surface area (Å²) in [5.41, 5.74) is -1.12. The van der Waals surface area contributed by atoms with E-state index in [0.717, 1.165) is 23.9 Å². The molecule has 0 unspecified atom stereocenters. The largest absolute Gasteiger partial charge is 0.549 e. The fourth-order valence-electron chi connectivity index (χ4n) is 1.86. The van der Waals surface area contributed by atoms with Gasteiger partial charge in [0.25, 0.3) is 0 Å². The van der Waals surface area contributed by atoms with Crippen LogP contribution in [0.2, 0.25) is 0 Å². The number of alkyl halides is 3. The van der Waals surface area contributed by atoms with E-state index in [1.54, 1.807) is 0 Å². The number of carbonyl (C=O) groups excluding carboxylic acids is 1. The molecule has 2 rings (SSSR count). The van der Waals surface area contributed by atoms with E-state index in [2.05, 4.69) is 0 Å². The first-order valence-electron chi connectivity index (χ1n) is 5.51. The van der Waals surface area contributed by atoms with Gasteiger partial charge in [0, 0.05) is 4.90 Å². The van der Waals surface area contributed by atoms with Gasteiger partial charge in [-0.05, 0) is 37.5 Å². The summed E-state index contributed by atoms with van der Waals surface area (Å²) >= 11 is 0.728. The zero-order chi connectivity index (χ0) is 14.3. The van der Waals surface area contributed by atoms with Crippen LogP contribution in [0.25, 0.3) is 0 Å². The molecular weight excluding hydrogens is 284 g/mol. The molecule has 19 heavy (non-hydrogen) atoms. The molecule has 0 atom stereocenters. The van der Waals surface area contributed by atoms with Crippen LogP contribution >= 0.6 is 11.8 Å². The SMILES string of the molecule is O=C([O-])C1(Sc2cc(F)cc(C(F)(F)F)c2)CCC1. The number of thioether (sulfide) groups is 1. The third-order valence-corrected chi connectivity index (χ3v) is 4.48. The standard InChI is InChI=1S/C12H10F4O2S/c13-8-4-7(12(14,15)16)5-9(6-8)19-11(10(17)18)2-1-3-11/h4-6H,1-3H2,(H,17,18)/p-1. The lowest BCUT2D eigenvalue weighted by Gasteiger charge is -2.42. The third-order valence-electron chi connectivity index (χ3n) is 3.05. The molecular formula is C12H9F4O2S-. The minimum atomic E-state index is -4.66. The lowest BCUT2D eigenvalue weighted by Crippen LogP contribution is -2.50. The lowest BCUT2D eigenvalue weighted by atomic mass is 9.84. The number of carboxylic acids is 1. The highest BCUT2D eigenvalue weighted by atomic mass is 32.2. The van der Waals surface area contributed by atoms with Crippen molar-refractivity contribution in [2.24, 2.45) is 0 Å². The number of carboxylic acid groups (broad SMARTS) is 1. The van der Waals surface area contributed by atoms with Crippen LogP contribution in [-0.2, 0) is 11.0 Å². The van der Waals surface area contributed by atoms with E-state index in [4.69, 9.17) is 0 Å². The zero-order valence-corrected chi connectivity index (χ0v) is 10.4. The van der Waals surface area contributed by atoms with Gasteiger partial charge in [0.05, 0.1) is 16.3 Å². The molecule has 0 amide bonds. The van der Waals surface area contributed by atoms with Gasteiger partial charge in [-0.1, -0.05) is 0 Å². The van der Waals surface area contributed by atoms with Gasteiger partial charge in [-0.2, -0.15) is 13.2 Å². The summed E-state index contributed by atoms with van der Waals surface area (Å²) in [6.45, 7) is 0. The van der Waals surface area contributed by atoms with Crippen molar-refractivity contribution in [2.75, 3.05) is 0 Å². The lowest BCUT2D eigenvalue weighted by molar-refractivity contribution is -0.311. The van der Waals surface area contributed by atoms with Crippen molar-refractivity contribution < 1.29 is 27.5 Å². The first kappa shape index (κ1) is 14.2. The Kier molecular flexibility index (Phi) is 3.51. The smallest absolute Gasteiger partial charge is 0.416 e. The molecule has 0 N–H and O–H groups in total. The first-order chi connectivity index (χ1) is 8.73. The predicted molar refractivity (Wildman–Crippen MR) is 58.8 cm³/mol. The Morgan fingerprint density at radius 3 is 2.32 bits per heavy atom. The fourth-order valence-corrected chi connectivity index (χ4v) is 3.24. The molecule has 1 aromatic carbocycles. The minimum Gasteiger partial charge on any atom is -0.549 e. The summed E-state index contributed by atoms with van der Waals surface area (Å²) < 4.78 is 49.5. The normalized spacial score (nSPS) is 17.9. The van der Waals surface area contributed by atoms with E-state index in [0.29, 0.717) is 25.3 Å². The number of carbonyl (C=O) groups is 1. The van der Waals surface area contributed by atoms with Crippen LogP contribution in [0.1, 0.15) is 24.8 Å². The number of rotatable bonds is 3. The van der Waals surface area contributed by atoms with E-state index in [1.807, 2.05) is 0 Å². The van der Waals surface area contributed by atoms with Crippen LogP contribution in [0.5, 0.6) is 0 Å². The fraction of sp³-hybridized carbons (Fsp3) is 0.417. The summed E-state index contributed by atoms with van der Waals surface area (Å²) in [6.07, 6.45) is -3.36. The van der Waals surface area contributed by atoms with Gasteiger partial charge in [-0.25, -0.2) is 4.39 Å². The summed E-state index contributed by atoms with van der Waals surface area (Å²) in [5.74, 6) is -2.35. The maximum absolute atomic E-state index is 13.2. The molecule has 0 radical (unpaired) electrons. The maximum Gasteiger partial charge on any atom is 0.416 e. The number of benzene rings is 1. The Morgan fingerprint density at radius 1 is 1.26 bits per heavy atom. The molecule has 0 aliphatic heterocycles. The van der Waals surface area contributed by atoms with E-state index in [9.17, 15) is 27.5 Å². The maximum atomic E-state index is 13.2. The highest BCUT2D eigenvalue weighted by Crippen LogP contribution is 2.48. The molecule has 2 nitrogen and oxygen atoms in total.